The number of hydrogen-bond donors (Lipinski definition) is 0. The Kier molecular flexibility index (Phi) is 4.72. The van der Waals surface area contributed by atoms with Gasteiger partial charge in [-0.1, -0.05) is 12.1 Å². The molecule has 1 aromatic carbocycles. The van der Waals surface area contributed by atoms with Gasteiger partial charge in [-0.15, -0.1) is 0 Å². The van der Waals surface area contributed by atoms with Crippen molar-refractivity contribution in [3.8, 4) is 0 Å². The fraction of sp³-hybridized carbons (Fsp3) is 0.368. The van der Waals surface area contributed by atoms with Crippen molar-refractivity contribution < 1.29 is 4.39 Å². The maximum absolute atomic E-state index is 13.0. The number of hydrogen-bond acceptors (Lipinski definition) is 4. The minimum absolute atomic E-state index is 0.172. The lowest BCUT2D eigenvalue weighted by Gasteiger charge is -2.21. The van der Waals surface area contributed by atoms with Gasteiger partial charge in [0.15, 0.2) is 5.65 Å². The molecule has 1 aliphatic rings. The molecule has 3 aromatic rings. The van der Waals surface area contributed by atoms with Gasteiger partial charge in [0.1, 0.15) is 5.82 Å². The maximum Gasteiger partial charge on any atom is 0.155 e. The fourth-order valence-electron chi connectivity index (χ4n) is 3.43. The number of aromatic nitrogens is 3. The average Bonchev–Trinajstić information content (AvgIpc) is 2.90. The first-order chi connectivity index (χ1) is 12.3. The second-order valence-corrected chi connectivity index (χ2v) is 6.59. The first-order valence-corrected chi connectivity index (χ1v) is 8.73. The highest BCUT2D eigenvalue weighted by molar-refractivity contribution is 5.36. The van der Waals surface area contributed by atoms with Crippen molar-refractivity contribution >= 4 is 5.65 Å². The summed E-state index contributed by atoms with van der Waals surface area (Å²) in [5.74, 6) is -0.172. The molecule has 1 aliphatic heterocycles. The molecule has 0 unspecified atom stereocenters. The summed E-state index contributed by atoms with van der Waals surface area (Å²) < 4.78 is 15.1. The van der Waals surface area contributed by atoms with E-state index < -0.39 is 0 Å². The molecule has 0 amide bonds. The lowest BCUT2D eigenvalue weighted by molar-refractivity contribution is 0.245. The normalized spacial score (nSPS) is 17.0. The summed E-state index contributed by atoms with van der Waals surface area (Å²) in [4.78, 5) is 13.5. The van der Waals surface area contributed by atoms with Gasteiger partial charge in [0, 0.05) is 38.6 Å². The van der Waals surface area contributed by atoms with Crippen molar-refractivity contribution in [2.45, 2.75) is 19.5 Å². The van der Waals surface area contributed by atoms with Crippen LogP contribution >= 0.6 is 0 Å². The van der Waals surface area contributed by atoms with Gasteiger partial charge in [-0.3, -0.25) is 19.2 Å². The Morgan fingerprint density at radius 1 is 0.920 bits per heavy atom. The second kappa shape index (κ2) is 7.29. The van der Waals surface area contributed by atoms with Crippen molar-refractivity contribution in [1.82, 2.24) is 24.2 Å². The first kappa shape index (κ1) is 16.2. The Hall–Kier alpha value is -2.31. The molecule has 0 N–H and O–H groups in total. The molecule has 5 nitrogen and oxygen atoms in total. The molecule has 0 spiro atoms. The highest BCUT2D eigenvalue weighted by Gasteiger charge is 2.16. The van der Waals surface area contributed by atoms with Crippen LogP contribution in [-0.4, -0.2) is 50.3 Å². The molecule has 4 rings (SSSR count). The fourth-order valence-corrected chi connectivity index (χ4v) is 3.43. The second-order valence-electron chi connectivity index (χ2n) is 6.59. The van der Waals surface area contributed by atoms with Crippen LogP contribution in [0.15, 0.2) is 49.1 Å². The lowest BCUT2D eigenvalue weighted by atomic mass is 10.2. The van der Waals surface area contributed by atoms with Gasteiger partial charge in [0.25, 0.3) is 0 Å². The molecule has 2 aromatic heterocycles. The van der Waals surface area contributed by atoms with Crippen LogP contribution in [0.4, 0.5) is 4.39 Å². The number of imidazole rings is 1. The van der Waals surface area contributed by atoms with E-state index in [9.17, 15) is 4.39 Å². The predicted molar refractivity (Wildman–Crippen MR) is 94.6 cm³/mol. The van der Waals surface area contributed by atoms with Gasteiger partial charge >= 0.3 is 0 Å². The first-order valence-electron chi connectivity index (χ1n) is 8.73. The quantitative estimate of drug-likeness (QED) is 0.732. The highest BCUT2D eigenvalue weighted by atomic mass is 19.1. The Balaban J connectivity index is 1.37. The van der Waals surface area contributed by atoms with E-state index in [4.69, 9.17) is 0 Å². The monoisotopic (exact) mass is 339 g/mol. The van der Waals surface area contributed by atoms with Crippen LogP contribution in [0.5, 0.6) is 0 Å². The molecule has 0 radical (unpaired) electrons. The number of halogens is 1. The van der Waals surface area contributed by atoms with Gasteiger partial charge in [-0.25, -0.2) is 9.37 Å². The molecule has 0 saturated carbocycles. The molecule has 0 bridgehead atoms. The van der Waals surface area contributed by atoms with E-state index in [0.717, 1.165) is 51.3 Å². The van der Waals surface area contributed by atoms with Gasteiger partial charge in [-0.2, -0.15) is 0 Å². The SMILES string of the molecule is Fc1ccc(CN2CCCN(Cc3cnc4cnccn34)CC2)cc1. The molecule has 3 heterocycles. The molecule has 1 fully saturated rings. The van der Waals surface area contributed by atoms with E-state index in [0.29, 0.717) is 0 Å². The van der Waals surface area contributed by atoms with Crippen LogP contribution in [0, 0.1) is 5.82 Å². The van der Waals surface area contributed by atoms with Gasteiger partial charge in [0.05, 0.1) is 18.1 Å². The smallest absolute Gasteiger partial charge is 0.155 e. The molecular formula is C19H22FN5. The highest BCUT2D eigenvalue weighted by Crippen LogP contribution is 2.13. The van der Waals surface area contributed by atoms with E-state index in [-0.39, 0.29) is 5.82 Å². The summed E-state index contributed by atoms with van der Waals surface area (Å²) in [5.41, 5.74) is 3.26. The predicted octanol–water partition coefficient (Wildman–Crippen LogP) is 2.58. The third-order valence-electron chi connectivity index (χ3n) is 4.78. The van der Waals surface area contributed by atoms with Crippen molar-refractivity contribution in [2.75, 3.05) is 26.2 Å². The number of fused-ring (bicyclic) bond motifs is 1. The molecule has 25 heavy (non-hydrogen) atoms. The van der Waals surface area contributed by atoms with Crippen molar-refractivity contribution in [1.29, 1.82) is 0 Å². The minimum Gasteiger partial charge on any atom is -0.300 e. The third-order valence-corrected chi connectivity index (χ3v) is 4.78. The minimum atomic E-state index is -0.172. The zero-order valence-electron chi connectivity index (χ0n) is 14.2. The van der Waals surface area contributed by atoms with Gasteiger partial charge in [-0.05, 0) is 37.2 Å². The topological polar surface area (TPSA) is 36.7 Å². The lowest BCUT2D eigenvalue weighted by Crippen LogP contribution is -2.30. The van der Waals surface area contributed by atoms with Crippen LogP contribution in [0.3, 0.4) is 0 Å². The maximum atomic E-state index is 13.0. The third kappa shape index (κ3) is 3.86. The molecule has 1 saturated heterocycles. The Bertz CT molecular complexity index is 829. The van der Waals surface area contributed by atoms with Gasteiger partial charge < -0.3 is 0 Å². The van der Waals surface area contributed by atoms with Crippen LogP contribution in [-0.2, 0) is 13.1 Å². The van der Waals surface area contributed by atoms with Crippen molar-refractivity contribution in [3.63, 3.8) is 0 Å². The van der Waals surface area contributed by atoms with Crippen LogP contribution < -0.4 is 0 Å². The summed E-state index contributed by atoms with van der Waals surface area (Å²) in [6, 6.07) is 6.84. The Morgan fingerprint density at radius 3 is 2.48 bits per heavy atom. The molecule has 6 heteroatoms. The summed E-state index contributed by atoms with van der Waals surface area (Å²) in [5, 5.41) is 0. The average molecular weight is 339 g/mol. The van der Waals surface area contributed by atoms with E-state index >= 15 is 0 Å². The van der Waals surface area contributed by atoms with Gasteiger partial charge in [0.2, 0.25) is 0 Å². The zero-order valence-corrected chi connectivity index (χ0v) is 14.2. The Labute approximate surface area is 146 Å². The Morgan fingerprint density at radius 2 is 1.68 bits per heavy atom. The number of rotatable bonds is 4. The van der Waals surface area contributed by atoms with Crippen LogP contribution in [0.2, 0.25) is 0 Å². The largest absolute Gasteiger partial charge is 0.300 e. The van der Waals surface area contributed by atoms with E-state index in [1.54, 1.807) is 24.5 Å². The summed E-state index contributed by atoms with van der Waals surface area (Å²) >= 11 is 0. The summed E-state index contributed by atoms with van der Waals surface area (Å²) in [6.07, 6.45) is 8.63. The number of nitrogens with zero attached hydrogens (tertiary/aromatic N) is 5. The van der Waals surface area contributed by atoms with Crippen molar-refractivity contribution in [3.05, 3.63) is 66.1 Å². The molecule has 0 atom stereocenters. The van der Waals surface area contributed by atoms with Crippen molar-refractivity contribution in [2.24, 2.45) is 0 Å². The van der Waals surface area contributed by atoms with Crippen LogP contribution in [0.25, 0.3) is 5.65 Å². The van der Waals surface area contributed by atoms with E-state index in [1.165, 1.54) is 11.3 Å². The standard InChI is InChI=1S/C19H22FN5/c20-17-4-2-16(3-5-17)14-23-7-1-8-24(11-10-23)15-18-12-22-19-13-21-6-9-25(18)19/h2-6,9,12-13H,1,7-8,10-11,14-15H2. The number of benzene rings is 1. The summed E-state index contributed by atoms with van der Waals surface area (Å²) in [6.45, 7) is 5.99. The summed E-state index contributed by atoms with van der Waals surface area (Å²) in [7, 11) is 0. The van der Waals surface area contributed by atoms with Crippen LogP contribution in [0.1, 0.15) is 17.7 Å². The molecule has 0 aliphatic carbocycles. The molecular weight excluding hydrogens is 317 g/mol. The van der Waals surface area contributed by atoms with E-state index in [2.05, 4.69) is 24.2 Å². The zero-order chi connectivity index (χ0) is 17.1. The molecule has 130 valence electrons. The van der Waals surface area contributed by atoms with E-state index in [1.807, 2.05) is 24.5 Å².